The van der Waals surface area contributed by atoms with Gasteiger partial charge in [0.25, 0.3) is 5.91 Å². The Labute approximate surface area is 138 Å². The van der Waals surface area contributed by atoms with Crippen molar-refractivity contribution >= 4 is 12.1 Å². The van der Waals surface area contributed by atoms with Crippen LogP contribution >= 0.6 is 0 Å². The van der Waals surface area contributed by atoms with E-state index in [-0.39, 0.29) is 12.7 Å². The lowest BCUT2D eigenvalue weighted by Gasteiger charge is -2.09. The number of carbonyl (C=O) groups is 1. The van der Waals surface area contributed by atoms with Crippen LogP contribution in [0.5, 0.6) is 23.0 Å². The Morgan fingerprint density at radius 3 is 2.79 bits per heavy atom. The van der Waals surface area contributed by atoms with Crippen LogP contribution in [0.4, 0.5) is 0 Å². The molecule has 124 valence electrons. The number of rotatable bonds is 5. The van der Waals surface area contributed by atoms with Crippen LogP contribution < -0.4 is 24.4 Å². The number of hydrazone groups is 1. The molecule has 0 spiro atoms. The molecule has 1 heterocycles. The molecule has 0 unspecified atom stereocenters. The van der Waals surface area contributed by atoms with Crippen molar-refractivity contribution in [3.8, 4) is 23.0 Å². The van der Waals surface area contributed by atoms with E-state index in [1.165, 1.54) is 6.21 Å². The maximum atomic E-state index is 12.1. The van der Waals surface area contributed by atoms with Crippen molar-refractivity contribution in [1.29, 1.82) is 0 Å². The predicted molar refractivity (Wildman–Crippen MR) is 87.2 cm³/mol. The molecule has 0 aliphatic carbocycles. The molecule has 0 fully saturated rings. The molecule has 1 amide bonds. The summed E-state index contributed by atoms with van der Waals surface area (Å²) in [6.45, 7) is 0.161. The lowest BCUT2D eigenvalue weighted by atomic mass is 10.2. The third kappa shape index (κ3) is 3.10. The fourth-order valence-corrected chi connectivity index (χ4v) is 2.28. The van der Waals surface area contributed by atoms with E-state index >= 15 is 0 Å². The van der Waals surface area contributed by atoms with E-state index in [1.807, 2.05) is 6.07 Å². The second kappa shape index (κ2) is 6.91. The quantitative estimate of drug-likeness (QED) is 0.672. The molecule has 2 aromatic rings. The van der Waals surface area contributed by atoms with Crippen molar-refractivity contribution in [2.24, 2.45) is 5.10 Å². The largest absolute Gasteiger partial charge is 0.493 e. The highest BCUT2D eigenvalue weighted by Crippen LogP contribution is 2.32. The van der Waals surface area contributed by atoms with Gasteiger partial charge in [-0.1, -0.05) is 6.07 Å². The summed E-state index contributed by atoms with van der Waals surface area (Å²) in [7, 11) is 3.10. The molecule has 0 saturated carbocycles. The Hall–Kier alpha value is -3.22. The molecule has 1 aliphatic heterocycles. The summed E-state index contributed by atoms with van der Waals surface area (Å²) < 4.78 is 21.0. The van der Waals surface area contributed by atoms with E-state index in [1.54, 1.807) is 44.6 Å². The molecule has 0 saturated heterocycles. The highest BCUT2D eigenvalue weighted by atomic mass is 16.7. The molecule has 1 aliphatic rings. The van der Waals surface area contributed by atoms with Gasteiger partial charge in [0.15, 0.2) is 23.0 Å². The van der Waals surface area contributed by atoms with Crippen LogP contribution in [0.2, 0.25) is 0 Å². The molecule has 3 rings (SSSR count). The highest BCUT2D eigenvalue weighted by molar-refractivity contribution is 5.95. The van der Waals surface area contributed by atoms with E-state index in [0.717, 1.165) is 0 Å². The predicted octanol–water partition coefficient (Wildman–Crippen LogP) is 2.20. The standard InChI is InChI=1S/C17H16N2O5/c1-21-14-5-3-4-12(16(14)22-2)9-18-19-17(20)11-6-7-13-15(8-11)24-10-23-13/h3-9H,10H2,1-2H3,(H,19,20)/b18-9-. The Morgan fingerprint density at radius 1 is 1.17 bits per heavy atom. The second-order valence-corrected chi connectivity index (χ2v) is 4.85. The smallest absolute Gasteiger partial charge is 0.271 e. The number of methoxy groups -OCH3 is 2. The summed E-state index contributed by atoms with van der Waals surface area (Å²) in [4.78, 5) is 12.1. The lowest BCUT2D eigenvalue weighted by molar-refractivity contribution is 0.0954. The molecule has 0 radical (unpaired) electrons. The minimum absolute atomic E-state index is 0.161. The number of benzene rings is 2. The van der Waals surface area contributed by atoms with Gasteiger partial charge in [-0.15, -0.1) is 0 Å². The van der Waals surface area contributed by atoms with Crippen LogP contribution in [0.1, 0.15) is 15.9 Å². The van der Waals surface area contributed by atoms with Gasteiger partial charge < -0.3 is 18.9 Å². The van der Waals surface area contributed by atoms with Gasteiger partial charge in [-0.05, 0) is 30.3 Å². The van der Waals surface area contributed by atoms with Gasteiger partial charge in [0.05, 0.1) is 20.4 Å². The first-order valence-electron chi connectivity index (χ1n) is 7.17. The monoisotopic (exact) mass is 328 g/mol. The van der Waals surface area contributed by atoms with Crippen LogP contribution in [0.25, 0.3) is 0 Å². The Morgan fingerprint density at radius 2 is 2.00 bits per heavy atom. The average Bonchev–Trinajstić information content (AvgIpc) is 3.08. The van der Waals surface area contributed by atoms with Crippen LogP contribution in [-0.4, -0.2) is 33.1 Å². The average molecular weight is 328 g/mol. The molecule has 0 bridgehead atoms. The first-order chi connectivity index (χ1) is 11.7. The minimum atomic E-state index is -0.355. The fourth-order valence-electron chi connectivity index (χ4n) is 2.28. The number of hydrogen-bond donors (Lipinski definition) is 1. The van der Waals surface area contributed by atoms with Crippen LogP contribution in [-0.2, 0) is 0 Å². The number of carbonyl (C=O) groups excluding carboxylic acids is 1. The van der Waals surface area contributed by atoms with Crippen molar-refractivity contribution in [2.45, 2.75) is 0 Å². The van der Waals surface area contributed by atoms with Crippen molar-refractivity contribution in [3.05, 3.63) is 47.5 Å². The Balaban J connectivity index is 1.71. The fraction of sp³-hybridized carbons (Fsp3) is 0.176. The van der Waals surface area contributed by atoms with Crippen LogP contribution in [0, 0.1) is 0 Å². The SMILES string of the molecule is COc1cccc(/C=N\NC(=O)c2ccc3c(c2)OCO3)c1OC. The zero-order chi connectivity index (χ0) is 16.9. The van der Waals surface area contributed by atoms with Gasteiger partial charge >= 0.3 is 0 Å². The maximum absolute atomic E-state index is 12.1. The highest BCUT2D eigenvalue weighted by Gasteiger charge is 2.16. The molecule has 2 aromatic carbocycles. The van der Waals surface area contributed by atoms with E-state index in [4.69, 9.17) is 18.9 Å². The van der Waals surface area contributed by atoms with Crippen molar-refractivity contribution in [3.63, 3.8) is 0 Å². The third-order valence-electron chi connectivity index (χ3n) is 3.44. The number of fused-ring (bicyclic) bond motifs is 1. The van der Waals surface area contributed by atoms with E-state index in [0.29, 0.717) is 34.1 Å². The van der Waals surface area contributed by atoms with Gasteiger partial charge in [-0.2, -0.15) is 5.10 Å². The number of nitrogens with zero attached hydrogens (tertiary/aromatic N) is 1. The number of amides is 1. The molecule has 0 aromatic heterocycles. The van der Waals surface area contributed by atoms with Crippen LogP contribution in [0.3, 0.4) is 0 Å². The van der Waals surface area contributed by atoms with Gasteiger partial charge in [-0.3, -0.25) is 4.79 Å². The molecule has 0 atom stereocenters. The van der Waals surface area contributed by atoms with E-state index in [2.05, 4.69) is 10.5 Å². The normalized spacial score (nSPS) is 12.2. The molecule has 7 heteroatoms. The first kappa shape index (κ1) is 15.7. The van der Waals surface area contributed by atoms with Gasteiger partial charge in [0.1, 0.15) is 0 Å². The second-order valence-electron chi connectivity index (χ2n) is 4.85. The molecular weight excluding hydrogens is 312 g/mol. The summed E-state index contributed by atoms with van der Waals surface area (Å²) in [5.74, 6) is 1.94. The summed E-state index contributed by atoms with van der Waals surface area (Å²) in [6, 6.07) is 10.3. The van der Waals surface area contributed by atoms with Crippen molar-refractivity contribution in [1.82, 2.24) is 5.43 Å². The molecule has 7 nitrogen and oxygen atoms in total. The van der Waals surface area contributed by atoms with Gasteiger partial charge in [-0.25, -0.2) is 5.43 Å². The van der Waals surface area contributed by atoms with E-state index < -0.39 is 0 Å². The number of ether oxygens (including phenoxy) is 4. The first-order valence-corrected chi connectivity index (χ1v) is 7.17. The third-order valence-corrected chi connectivity index (χ3v) is 3.44. The van der Waals surface area contributed by atoms with Crippen LogP contribution in [0.15, 0.2) is 41.5 Å². The van der Waals surface area contributed by atoms with Gasteiger partial charge in [0, 0.05) is 11.1 Å². The molecule has 24 heavy (non-hydrogen) atoms. The lowest BCUT2D eigenvalue weighted by Crippen LogP contribution is -2.17. The summed E-state index contributed by atoms with van der Waals surface area (Å²) >= 11 is 0. The zero-order valence-electron chi connectivity index (χ0n) is 13.2. The number of para-hydroxylation sites is 1. The maximum Gasteiger partial charge on any atom is 0.271 e. The summed E-state index contributed by atoms with van der Waals surface area (Å²) in [6.07, 6.45) is 1.49. The molecule has 1 N–H and O–H groups in total. The topological polar surface area (TPSA) is 78.4 Å². The van der Waals surface area contributed by atoms with E-state index in [9.17, 15) is 4.79 Å². The number of hydrogen-bond acceptors (Lipinski definition) is 6. The van der Waals surface area contributed by atoms with Crippen molar-refractivity contribution < 1.29 is 23.7 Å². The summed E-state index contributed by atoms with van der Waals surface area (Å²) in [5, 5.41) is 3.96. The molecular formula is C17H16N2O5. The minimum Gasteiger partial charge on any atom is -0.493 e. The van der Waals surface area contributed by atoms with Crippen molar-refractivity contribution in [2.75, 3.05) is 21.0 Å². The Bertz CT molecular complexity index is 789. The van der Waals surface area contributed by atoms with Gasteiger partial charge in [0.2, 0.25) is 6.79 Å². The number of nitrogens with one attached hydrogen (secondary N) is 1. The summed E-state index contributed by atoms with van der Waals surface area (Å²) in [5.41, 5.74) is 3.57. The zero-order valence-corrected chi connectivity index (χ0v) is 13.2. The Kier molecular flexibility index (Phi) is 4.51.